The van der Waals surface area contributed by atoms with Crippen molar-refractivity contribution in [2.75, 3.05) is 11.1 Å². The number of benzene rings is 1. The van der Waals surface area contributed by atoms with Crippen LogP contribution in [0.1, 0.15) is 27.6 Å². The maximum Gasteiger partial charge on any atom is 0.416 e. The predicted octanol–water partition coefficient (Wildman–Crippen LogP) is 3.76. The van der Waals surface area contributed by atoms with E-state index < -0.39 is 11.7 Å². The van der Waals surface area contributed by atoms with Gasteiger partial charge in [-0.3, -0.25) is 4.79 Å². The molecule has 1 N–H and O–H groups in total. The van der Waals surface area contributed by atoms with Crippen LogP contribution < -0.4 is 5.32 Å². The molecular weight excluding hydrogens is 391 g/mol. The van der Waals surface area contributed by atoms with Gasteiger partial charge in [0.1, 0.15) is 5.82 Å². The zero-order chi connectivity index (χ0) is 19.9. The molecule has 0 fully saturated rings. The van der Waals surface area contributed by atoms with Gasteiger partial charge in [0.2, 0.25) is 5.91 Å². The molecule has 0 spiro atoms. The Morgan fingerprint density at radius 3 is 2.50 bits per heavy atom. The van der Waals surface area contributed by atoms with Gasteiger partial charge in [0.25, 0.3) is 5.95 Å². The molecule has 1 amide bonds. The number of nitrogens with zero attached hydrogens (tertiary/aromatic N) is 4. The van der Waals surface area contributed by atoms with Gasteiger partial charge in [-0.05, 0) is 30.7 Å². The van der Waals surface area contributed by atoms with Gasteiger partial charge >= 0.3 is 6.18 Å². The van der Waals surface area contributed by atoms with Crippen LogP contribution in [-0.2, 0) is 11.0 Å². The van der Waals surface area contributed by atoms with Gasteiger partial charge in [-0.2, -0.15) is 23.0 Å². The van der Waals surface area contributed by atoms with Crippen molar-refractivity contribution in [2.24, 2.45) is 0 Å². The molecule has 0 radical (unpaired) electrons. The van der Waals surface area contributed by atoms with E-state index >= 15 is 0 Å². The molecule has 2 aromatic heterocycles. The van der Waals surface area contributed by atoms with Crippen molar-refractivity contribution in [2.45, 2.75) is 18.3 Å². The Bertz CT molecular complexity index is 1020. The summed E-state index contributed by atoms with van der Waals surface area (Å²) in [6.45, 7) is 1.79. The minimum Gasteiger partial charge on any atom is -0.309 e. The minimum absolute atomic E-state index is 0.162. The second-order valence-corrected chi connectivity index (χ2v) is 7.26. The molecule has 1 atom stereocenters. The maximum atomic E-state index is 12.9. The van der Waals surface area contributed by atoms with E-state index in [9.17, 15) is 18.0 Å². The number of alkyl halides is 3. The molecule has 0 bridgehead atoms. The van der Waals surface area contributed by atoms with E-state index in [0.29, 0.717) is 23.0 Å². The average molecular weight is 405 g/mol. The number of nitrogens with one attached hydrogen (secondary N) is 1. The number of hydrogen-bond donors (Lipinski definition) is 1. The highest BCUT2D eigenvalue weighted by molar-refractivity contribution is 8.00. The summed E-state index contributed by atoms with van der Waals surface area (Å²) >= 11 is 1.34. The van der Waals surface area contributed by atoms with E-state index in [1.807, 2.05) is 0 Å². The SMILES string of the molecule is Cc1nn(-c2ncccn2)c2c1C(c1ccc(C(F)(F)F)cc1)SCC(=O)N2. The molecule has 3 heterocycles. The maximum absolute atomic E-state index is 12.9. The van der Waals surface area contributed by atoms with Gasteiger partial charge in [0.15, 0.2) is 0 Å². The molecular formula is C18H14F3N5OS. The standard InChI is InChI=1S/C18H14F3N5OS/c1-10-14-15(11-3-5-12(6-4-11)18(19,20)21)28-9-13(27)24-16(14)26(25-10)17-22-7-2-8-23-17/h2-8,15H,9H2,1H3,(H,24,27). The van der Waals surface area contributed by atoms with Gasteiger partial charge in [-0.1, -0.05) is 12.1 Å². The summed E-state index contributed by atoms with van der Waals surface area (Å²) in [5.41, 5.74) is 1.31. The lowest BCUT2D eigenvalue weighted by Crippen LogP contribution is -2.16. The Morgan fingerprint density at radius 1 is 1.18 bits per heavy atom. The van der Waals surface area contributed by atoms with Crippen LogP contribution in [0.5, 0.6) is 0 Å². The number of anilines is 1. The first-order chi connectivity index (χ1) is 13.3. The van der Waals surface area contributed by atoms with Crippen LogP contribution in [0.2, 0.25) is 0 Å². The van der Waals surface area contributed by atoms with E-state index in [2.05, 4.69) is 20.4 Å². The molecule has 6 nitrogen and oxygen atoms in total. The highest BCUT2D eigenvalue weighted by atomic mass is 32.2. The Balaban J connectivity index is 1.82. The first kappa shape index (κ1) is 18.5. The fourth-order valence-corrected chi connectivity index (χ4v) is 4.23. The number of carbonyl (C=O) groups excluding carboxylic acids is 1. The molecule has 1 aromatic carbocycles. The van der Waals surface area contributed by atoms with Crippen molar-refractivity contribution >= 4 is 23.5 Å². The summed E-state index contributed by atoms with van der Waals surface area (Å²) in [6, 6.07) is 6.65. The third-order valence-electron chi connectivity index (χ3n) is 4.29. The fraction of sp³-hybridized carbons (Fsp3) is 0.222. The van der Waals surface area contributed by atoms with Gasteiger partial charge in [0.05, 0.1) is 22.3 Å². The lowest BCUT2D eigenvalue weighted by molar-refractivity contribution is -0.137. The largest absolute Gasteiger partial charge is 0.416 e. The van der Waals surface area contributed by atoms with Gasteiger partial charge in [-0.15, -0.1) is 11.8 Å². The van der Waals surface area contributed by atoms with Gasteiger partial charge in [0, 0.05) is 18.0 Å². The molecule has 10 heteroatoms. The number of aromatic nitrogens is 4. The topological polar surface area (TPSA) is 72.7 Å². The van der Waals surface area contributed by atoms with Crippen LogP contribution in [0.15, 0.2) is 42.7 Å². The molecule has 1 aliphatic heterocycles. The van der Waals surface area contributed by atoms with Crippen LogP contribution in [0.25, 0.3) is 5.95 Å². The molecule has 0 saturated heterocycles. The second kappa shape index (κ2) is 6.93. The first-order valence-corrected chi connectivity index (χ1v) is 9.35. The zero-order valence-corrected chi connectivity index (χ0v) is 15.4. The molecule has 1 unspecified atom stereocenters. The highest BCUT2D eigenvalue weighted by Crippen LogP contribution is 2.44. The normalized spacial score (nSPS) is 17.0. The van der Waals surface area contributed by atoms with E-state index in [-0.39, 0.29) is 16.9 Å². The van der Waals surface area contributed by atoms with E-state index in [1.165, 1.54) is 28.6 Å². The number of thioether (sulfide) groups is 1. The monoisotopic (exact) mass is 405 g/mol. The van der Waals surface area contributed by atoms with E-state index in [4.69, 9.17) is 0 Å². The van der Waals surface area contributed by atoms with Crippen LogP contribution >= 0.6 is 11.8 Å². The van der Waals surface area contributed by atoms with Crippen LogP contribution in [-0.4, -0.2) is 31.4 Å². The van der Waals surface area contributed by atoms with Crippen molar-refractivity contribution in [1.29, 1.82) is 0 Å². The zero-order valence-electron chi connectivity index (χ0n) is 14.6. The number of rotatable bonds is 2. The summed E-state index contributed by atoms with van der Waals surface area (Å²) in [5.74, 6) is 0.668. The van der Waals surface area contributed by atoms with Crippen LogP contribution in [0.4, 0.5) is 19.0 Å². The lowest BCUT2D eigenvalue weighted by Gasteiger charge is -2.16. The number of carbonyl (C=O) groups is 1. The van der Waals surface area contributed by atoms with Crippen molar-refractivity contribution in [3.05, 3.63) is 65.1 Å². The van der Waals surface area contributed by atoms with E-state index in [1.54, 1.807) is 25.4 Å². The fourth-order valence-electron chi connectivity index (χ4n) is 3.04. The Kier molecular flexibility index (Phi) is 4.58. The number of fused-ring (bicyclic) bond motifs is 1. The second-order valence-electron chi connectivity index (χ2n) is 6.17. The Hall–Kier alpha value is -2.88. The number of aryl methyl sites for hydroxylation is 1. The molecule has 0 saturated carbocycles. The smallest absolute Gasteiger partial charge is 0.309 e. The molecule has 4 rings (SSSR count). The summed E-state index contributed by atoms with van der Waals surface area (Å²) in [5, 5.41) is 6.93. The third kappa shape index (κ3) is 3.35. The molecule has 144 valence electrons. The average Bonchev–Trinajstić information content (AvgIpc) is 2.88. The Morgan fingerprint density at radius 2 is 1.86 bits per heavy atom. The third-order valence-corrected chi connectivity index (χ3v) is 5.56. The quantitative estimate of drug-likeness (QED) is 0.703. The molecule has 28 heavy (non-hydrogen) atoms. The summed E-state index contributed by atoms with van der Waals surface area (Å²) < 4.78 is 40.1. The number of hydrogen-bond acceptors (Lipinski definition) is 5. The molecule has 3 aromatic rings. The minimum atomic E-state index is -4.40. The summed E-state index contributed by atoms with van der Waals surface area (Å²) in [7, 11) is 0. The number of halogens is 3. The van der Waals surface area contributed by atoms with Crippen molar-refractivity contribution < 1.29 is 18.0 Å². The van der Waals surface area contributed by atoms with Crippen molar-refractivity contribution in [3.63, 3.8) is 0 Å². The highest BCUT2D eigenvalue weighted by Gasteiger charge is 2.33. The van der Waals surface area contributed by atoms with Crippen LogP contribution in [0.3, 0.4) is 0 Å². The molecule has 1 aliphatic rings. The summed E-state index contributed by atoms with van der Waals surface area (Å²) in [6.07, 6.45) is -1.28. The Labute approximate surface area is 162 Å². The summed E-state index contributed by atoms with van der Waals surface area (Å²) in [4.78, 5) is 20.6. The van der Waals surface area contributed by atoms with Crippen molar-refractivity contribution in [1.82, 2.24) is 19.7 Å². The van der Waals surface area contributed by atoms with Crippen molar-refractivity contribution in [3.8, 4) is 5.95 Å². The van der Waals surface area contributed by atoms with Gasteiger partial charge < -0.3 is 5.32 Å². The number of amides is 1. The molecule has 0 aliphatic carbocycles. The predicted molar refractivity (Wildman–Crippen MR) is 98.3 cm³/mol. The van der Waals surface area contributed by atoms with Crippen LogP contribution in [0, 0.1) is 6.92 Å². The first-order valence-electron chi connectivity index (χ1n) is 8.30. The lowest BCUT2D eigenvalue weighted by atomic mass is 10.0. The van der Waals surface area contributed by atoms with Gasteiger partial charge in [-0.25, -0.2) is 9.97 Å². The van der Waals surface area contributed by atoms with E-state index in [0.717, 1.165) is 17.7 Å².